The first-order valence-corrected chi connectivity index (χ1v) is 10.4. The molecule has 1 amide bonds. The van der Waals surface area contributed by atoms with Crippen molar-refractivity contribution in [3.63, 3.8) is 0 Å². The highest BCUT2D eigenvalue weighted by Crippen LogP contribution is 2.25. The van der Waals surface area contributed by atoms with E-state index in [4.69, 9.17) is 4.74 Å². The lowest BCUT2D eigenvalue weighted by Gasteiger charge is -2.23. The third kappa shape index (κ3) is 3.96. The lowest BCUT2D eigenvalue weighted by atomic mass is 10.0. The number of carbonyl (C=O) groups is 1. The van der Waals surface area contributed by atoms with Gasteiger partial charge in [-0.15, -0.1) is 5.10 Å². The molecule has 0 radical (unpaired) electrons. The number of nitrogens with zero attached hydrogens (tertiary/aromatic N) is 5. The van der Waals surface area contributed by atoms with Crippen LogP contribution < -0.4 is 16.2 Å². The van der Waals surface area contributed by atoms with Gasteiger partial charge in [-0.3, -0.25) is 19.1 Å². The summed E-state index contributed by atoms with van der Waals surface area (Å²) in [6.45, 7) is 1.69. The molecule has 11 heteroatoms. The molecule has 1 saturated carbocycles. The quantitative estimate of drug-likeness (QED) is 0.533. The Kier molecular flexibility index (Phi) is 5.02. The molecule has 1 saturated heterocycles. The summed E-state index contributed by atoms with van der Waals surface area (Å²) in [5.74, 6) is 0.0108. The second kappa shape index (κ2) is 7.99. The number of anilines is 2. The van der Waals surface area contributed by atoms with Crippen molar-refractivity contribution in [3.05, 3.63) is 40.6 Å². The Balaban J connectivity index is 1.59. The molecular weight excluding hydrogens is 402 g/mol. The Bertz CT molecular complexity index is 1160. The minimum absolute atomic E-state index is 0.0532. The SMILES string of the molecule is O=C(NC1CC1)c1c(O)n2nc(Nc3cnccn3)cc2n(CC2CCOCC2)c1=O. The van der Waals surface area contributed by atoms with E-state index in [1.165, 1.54) is 21.5 Å². The molecule has 0 unspecified atom stereocenters. The van der Waals surface area contributed by atoms with Gasteiger partial charge in [0.2, 0.25) is 5.88 Å². The van der Waals surface area contributed by atoms with E-state index < -0.39 is 17.3 Å². The van der Waals surface area contributed by atoms with Crippen LogP contribution in [0.3, 0.4) is 0 Å². The number of fused-ring (bicyclic) bond motifs is 1. The number of aromatic hydroxyl groups is 1. The summed E-state index contributed by atoms with van der Waals surface area (Å²) in [7, 11) is 0. The Morgan fingerprint density at radius 2 is 2.00 bits per heavy atom. The van der Waals surface area contributed by atoms with E-state index in [9.17, 15) is 14.7 Å². The van der Waals surface area contributed by atoms with Gasteiger partial charge < -0.3 is 20.5 Å². The zero-order chi connectivity index (χ0) is 21.4. The second-order valence-corrected chi connectivity index (χ2v) is 7.93. The van der Waals surface area contributed by atoms with Crippen molar-refractivity contribution in [2.45, 2.75) is 38.3 Å². The molecule has 1 aliphatic carbocycles. The van der Waals surface area contributed by atoms with E-state index in [2.05, 4.69) is 25.7 Å². The van der Waals surface area contributed by atoms with E-state index in [1.807, 2.05) is 0 Å². The van der Waals surface area contributed by atoms with E-state index in [1.54, 1.807) is 12.3 Å². The summed E-state index contributed by atoms with van der Waals surface area (Å²) in [5.41, 5.74) is -0.426. The lowest BCUT2D eigenvalue weighted by Crippen LogP contribution is -2.37. The Morgan fingerprint density at radius 1 is 1.19 bits per heavy atom. The number of hydrogen-bond donors (Lipinski definition) is 3. The van der Waals surface area contributed by atoms with Crippen LogP contribution in [0.15, 0.2) is 29.5 Å². The molecule has 11 nitrogen and oxygen atoms in total. The molecule has 3 aromatic rings. The number of ether oxygens (including phenoxy) is 1. The first-order valence-electron chi connectivity index (χ1n) is 10.4. The van der Waals surface area contributed by atoms with Crippen molar-refractivity contribution < 1.29 is 14.6 Å². The van der Waals surface area contributed by atoms with Crippen molar-refractivity contribution in [3.8, 4) is 5.88 Å². The van der Waals surface area contributed by atoms with Gasteiger partial charge in [-0.2, -0.15) is 4.52 Å². The molecule has 0 spiro atoms. The molecule has 1 aliphatic heterocycles. The summed E-state index contributed by atoms with van der Waals surface area (Å²) in [6, 6.07) is 1.70. The highest BCUT2D eigenvalue weighted by molar-refractivity contribution is 5.96. The van der Waals surface area contributed by atoms with Gasteiger partial charge >= 0.3 is 0 Å². The molecule has 0 bridgehead atoms. The zero-order valence-corrected chi connectivity index (χ0v) is 16.8. The first kappa shape index (κ1) is 19.5. The van der Waals surface area contributed by atoms with Crippen LogP contribution in [0, 0.1) is 5.92 Å². The summed E-state index contributed by atoms with van der Waals surface area (Å²) in [5, 5.41) is 21.0. The van der Waals surface area contributed by atoms with Crippen LogP contribution in [0.5, 0.6) is 5.88 Å². The molecular formula is C20H23N7O4. The number of rotatable bonds is 6. The average molecular weight is 425 g/mol. The number of amides is 1. The molecule has 0 aromatic carbocycles. The predicted octanol–water partition coefficient (Wildman–Crippen LogP) is 1.05. The van der Waals surface area contributed by atoms with Gasteiger partial charge in [-0.25, -0.2) is 4.98 Å². The van der Waals surface area contributed by atoms with Gasteiger partial charge in [0.15, 0.2) is 11.4 Å². The van der Waals surface area contributed by atoms with Crippen molar-refractivity contribution in [2.24, 2.45) is 5.92 Å². The Morgan fingerprint density at radius 3 is 2.71 bits per heavy atom. The monoisotopic (exact) mass is 425 g/mol. The fourth-order valence-corrected chi connectivity index (χ4v) is 3.76. The second-order valence-electron chi connectivity index (χ2n) is 7.93. The largest absolute Gasteiger partial charge is 0.492 e. The fraction of sp³-hybridized carbons (Fsp3) is 0.450. The maximum absolute atomic E-state index is 13.3. The number of nitrogens with one attached hydrogen (secondary N) is 2. The van der Waals surface area contributed by atoms with Gasteiger partial charge in [0.05, 0.1) is 6.20 Å². The predicted molar refractivity (Wildman–Crippen MR) is 110 cm³/mol. The fourth-order valence-electron chi connectivity index (χ4n) is 3.76. The minimum atomic E-state index is -0.577. The van der Waals surface area contributed by atoms with Crippen LogP contribution in [0.1, 0.15) is 36.0 Å². The third-order valence-electron chi connectivity index (χ3n) is 5.59. The molecule has 2 fully saturated rings. The van der Waals surface area contributed by atoms with Gasteiger partial charge in [-0.1, -0.05) is 0 Å². The van der Waals surface area contributed by atoms with Crippen LogP contribution in [0.4, 0.5) is 11.6 Å². The topological polar surface area (TPSA) is 136 Å². The van der Waals surface area contributed by atoms with Crippen LogP contribution in [0.25, 0.3) is 5.65 Å². The Hall–Kier alpha value is -3.47. The van der Waals surface area contributed by atoms with Gasteiger partial charge in [0.1, 0.15) is 11.5 Å². The van der Waals surface area contributed by atoms with Crippen LogP contribution >= 0.6 is 0 Å². The zero-order valence-electron chi connectivity index (χ0n) is 16.8. The lowest BCUT2D eigenvalue weighted by molar-refractivity contribution is 0.0611. The maximum atomic E-state index is 13.3. The molecule has 2 aliphatic rings. The molecule has 3 aromatic heterocycles. The van der Waals surface area contributed by atoms with E-state index >= 15 is 0 Å². The molecule has 162 valence electrons. The van der Waals surface area contributed by atoms with Crippen molar-refractivity contribution >= 4 is 23.2 Å². The van der Waals surface area contributed by atoms with Crippen molar-refractivity contribution in [1.29, 1.82) is 0 Å². The average Bonchev–Trinajstić information content (AvgIpc) is 3.49. The van der Waals surface area contributed by atoms with E-state index in [0.29, 0.717) is 37.0 Å². The smallest absolute Gasteiger partial charge is 0.270 e. The molecule has 0 atom stereocenters. The summed E-state index contributed by atoms with van der Waals surface area (Å²) in [4.78, 5) is 34.2. The highest BCUT2D eigenvalue weighted by atomic mass is 16.5. The third-order valence-corrected chi connectivity index (χ3v) is 5.59. The maximum Gasteiger partial charge on any atom is 0.270 e. The van der Waals surface area contributed by atoms with Crippen molar-refractivity contribution in [2.75, 3.05) is 18.5 Å². The molecule has 3 N–H and O–H groups in total. The molecule has 4 heterocycles. The van der Waals surface area contributed by atoms with E-state index in [-0.39, 0.29) is 17.5 Å². The molecule has 31 heavy (non-hydrogen) atoms. The van der Waals surface area contributed by atoms with Gasteiger partial charge in [0.25, 0.3) is 11.5 Å². The van der Waals surface area contributed by atoms with Gasteiger partial charge in [-0.05, 0) is 31.6 Å². The van der Waals surface area contributed by atoms with E-state index in [0.717, 1.165) is 25.7 Å². The van der Waals surface area contributed by atoms with Gasteiger partial charge in [0, 0.05) is 44.3 Å². The number of aromatic nitrogens is 5. The summed E-state index contributed by atoms with van der Waals surface area (Å²) in [6.07, 6.45) is 8.02. The highest BCUT2D eigenvalue weighted by Gasteiger charge is 2.30. The van der Waals surface area contributed by atoms with Crippen molar-refractivity contribution in [1.82, 2.24) is 29.5 Å². The number of carbonyl (C=O) groups excluding carboxylic acids is 1. The standard InChI is InChI=1S/C20H23N7O4/c28-18(23-13-1-2-13)17-19(29)26(11-12-3-7-31-8-4-12)16-9-14(25-27(16)20(17)30)24-15-10-21-5-6-22-15/h5-6,9-10,12-13,30H,1-4,7-8,11H2,(H,23,28)(H,22,24,25). The normalized spacial score (nSPS) is 17.0. The molecule has 5 rings (SSSR count). The van der Waals surface area contributed by atoms with Crippen LogP contribution in [-0.2, 0) is 11.3 Å². The Labute approximate surface area is 177 Å². The first-order chi connectivity index (χ1) is 15.1. The minimum Gasteiger partial charge on any atom is -0.492 e. The number of hydrogen-bond acceptors (Lipinski definition) is 8. The summed E-state index contributed by atoms with van der Waals surface area (Å²) >= 11 is 0. The van der Waals surface area contributed by atoms with Crippen LogP contribution in [-0.4, -0.2) is 54.4 Å². The van der Waals surface area contributed by atoms with Crippen LogP contribution in [0.2, 0.25) is 0 Å². The summed E-state index contributed by atoms with van der Waals surface area (Å²) < 4.78 is 8.17.